The number of halogens is 1. The van der Waals surface area contributed by atoms with Crippen molar-refractivity contribution in [1.29, 1.82) is 0 Å². The first kappa shape index (κ1) is 15.0. The molecule has 1 atom stereocenters. The third-order valence-electron chi connectivity index (χ3n) is 2.77. The van der Waals surface area contributed by atoms with Crippen molar-refractivity contribution in [3.8, 4) is 5.75 Å². The van der Waals surface area contributed by atoms with Crippen LogP contribution in [0.15, 0.2) is 40.0 Å². The minimum Gasteiger partial charge on any atom is -0.495 e. The lowest BCUT2D eigenvalue weighted by atomic mass is 10.2. The number of H-pyrrole nitrogens is 1. The summed E-state index contributed by atoms with van der Waals surface area (Å²) in [7, 11) is -2.27. The molecule has 0 fully saturated rings. The number of nitrogens with zero attached hydrogens (tertiary/aromatic N) is 1. The molecule has 0 bridgehead atoms. The Morgan fingerprint density at radius 2 is 2.20 bits per heavy atom. The van der Waals surface area contributed by atoms with Gasteiger partial charge in [0.15, 0.2) is 0 Å². The van der Waals surface area contributed by atoms with Gasteiger partial charge in [0.2, 0.25) is 10.0 Å². The predicted molar refractivity (Wildman–Crippen MR) is 78.0 cm³/mol. The first-order chi connectivity index (χ1) is 9.44. The fourth-order valence-corrected chi connectivity index (χ4v) is 3.66. The summed E-state index contributed by atoms with van der Waals surface area (Å²) in [6.45, 7) is 1.74. The van der Waals surface area contributed by atoms with Crippen molar-refractivity contribution >= 4 is 26.0 Å². The summed E-state index contributed by atoms with van der Waals surface area (Å²) in [5.74, 6) is 0.292. The van der Waals surface area contributed by atoms with E-state index in [2.05, 4.69) is 30.8 Å². The average molecular weight is 360 g/mol. The smallest absolute Gasteiger partial charge is 0.244 e. The Morgan fingerprint density at radius 1 is 1.45 bits per heavy atom. The molecule has 0 saturated heterocycles. The van der Waals surface area contributed by atoms with Gasteiger partial charge >= 0.3 is 0 Å². The molecule has 6 nitrogen and oxygen atoms in total. The molecular formula is C12H14BrN3O3S. The van der Waals surface area contributed by atoms with Crippen molar-refractivity contribution in [2.45, 2.75) is 17.9 Å². The first-order valence-electron chi connectivity index (χ1n) is 5.78. The topological polar surface area (TPSA) is 84.1 Å². The Morgan fingerprint density at radius 3 is 2.80 bits per heavy atom. The molecule has 2 rings (SSSR count). The maximum absolute atomic E-state index is 12.4. The van der Waals surface area contributed by atoms with Crippen LogP contribution < -0.4 is 9.46 Å². The number of methoxy groups -OCH3 is 1. The molecular weight excluding hydrogens is 346 g/mol. The highest BCUT2D eigenvalue weighted by atomic mass is 79.9. The number of hydrogen-bond donors (Lipinski definition) is 2. The minimum absolute atomic E-state index is 0.0877. The van der Waals surface area contributed by atoms with E-state index in [1.54, 1.807) is 31.5 Å². The lowest BCUT2D eigenvalue weighted by Crippen LogP contribution is -2.27. The van der Waals surface area contributed by atoms with Crippen LogP contribution in [0, 0.1) is 0 Å². The Kier molecular flexibility index (Phi) is 4.46. The SMILES string of the molecule is COc1ccc(Br)cc1S(=O)(=O)NC(C)c1cn[nH]c1. The van der Waals surface area contributed by atoms with Gasteiger partial charge in [-0.15, -0.1) is 0 Å². The van der Waals surface area contributed by atoms with Crippen LogP contribution in [0.3, 0.4) is 0 Å². The second-order valence-electron chi connectivity index (χ2n) is 4.17. The van der Waals surface area contributed by atoms with Crippen LogP contribution in [-0.2, 0) is 10.0 Å². The van der Waals surface area contributed by atoms with E-state index in [4.69, 9.17) is 4.74 Å². The van der Waals surface area contributed by atoms with Crippen LogP contribution in [0.25, 0.3) is 0 Å². The molecule has 1 aromatic carbocycles. The fraction of sp³-hybridized carbons (Fsp3) is 0.250. The summed E-state index contributed by atoms with van der Waals surface area (Å²) in [5, 5.41) is 6.45. The van der Waals surface area contributed by atoms with Gasteiger partial charge in [-0.1, -0.05) is 15.9 Å². The Bertz CT molecular complexity index is 686. The number of sulfonamides is 1. The molecule has 1 heterocycles. The zero-order chi connectivity index (χ0) is 14.8. The summed E-state index contributed by atoms with van der Waals surface area (Å²) in [5.41, 5.74) is 0.752. The second-order valence-corrected chi connectivity index (χ2v) is 6.77. The molecule has 0 aliphatic rings. The predicted octanol–water partition coefficient (Wildman–Crippen LogP) is 2.22. The highest BCUT2D eigenvalue weighted by molar-refractivity contribution is 9.10. The van der Waals surface area contributed by atoms with E-state index in [9.17, 15) is 8.42 Å². The van der Waals surface area contributed by atoms with Crippen molar-refractivity contribution in [3.63, 3.8) is 0 Å². The molecule has 2 aromatic rings. The number of benzene rings is 1. The van der Waals surface area contributed by atoms with Crippen molar-refractivity contribution in [1.82, 2.24) is 14.9 Å². The minimum atomic E-state index is -3.70. The van der Waals surface area contributed by atoms with E-state index in [-0.39, 0.29) is 4.90 Å². The van der Waals surface area contributed by atoms with Gasteiger partial charge in [-0.3, -0.25) is 5.10 Å². The molecule has 0 spiro atoms. The van der Waals surface area contributed by atoms with Gasteiger partial charge in [-0.25, -0.2) is 13.1 Å². The van der Waals surface area contributed by atoms with Gasteiger partial charge in [0.1, 0.15) is 10.6 Å². The average Bonchev–Trinajstić information content (AvgIpc) is 2.92. The number of nitrogens with one attached hydrogen (secondary N) is 2. The molecule has 0 saturated carbocycles. The lowest BCUT2D eigenvalue weighted by Gasteiger charge is -2.15. The standard InChI is InChI=1S/C12H14BrN3O3S/c1-8(9-6-14-15-7-9)16-20(17,18)12-5-10(13)3-4-11(12)19-2/h3-8,16H,1-2H3,(H,14,15). The number of rotatable bonds is 5. The maximum Gasteiger partial charge on any atom is 0.244 e. The highest BCUT2D eigenvalue weighted by Crippen LogP contribution is 2.28. The molecule has 108 valence electrons. The van der Waals surface area contributed by atoms with Crippen molar-refractivity contribution < 1.29 is 13.2 Å². The van der Waals surface area contributed by atoms with Crippen molar-refractivity contribution in [2.24, 2.45) is 0 Å². The summed E-state index contributed by atoms with van der Waals surface area (Å²) >= 11 is 3.26. The second kappa shape index (κ2) is 5.94. The van der Waals surface area contributed by atoms with E-state index in [0.29, 0.717) is 10.2 Å². The van der Waals surface area contributed by atoms with Crippen LogP contribution >= 0.6 is 15.9 Å². The molecule has 2 N–H and O–H groups in total. The van der Waals surface area contributed by atoms with E-state index in [0.717, 1.165) is 5.56 Å². The number of aromatic amines is 1. The van der Waals surface area contributed by atoms with Gasteiger partial charge in [0.05, 0.1) is 13.3 Å². The van der Waals surface area contributed by atoms with E-state index < -0.39 is 16.1 Å². The first-order valence-corrected chi connectivity index (χ1v) is 8.06. The van der Waals surface area contributed by atoms with Gasteiger partial charge in [0.25, 0.3) is 0 Å². The Labute approximate surface area is 125 Å². The Balaban J connectivity index is 2.33. The third kappa shape index (κ3) is 3.20. The van der Waals surface area contributed by atoms with E-state index in [1.165, 1.54) is 13.2 Å². The van der Waals surface area contributed by atoms with Crippen LogP contribution in [0.1, 0.15) is 18.5 Å². The molecule has 1 aromatic heterocycles. The third-order valence-corrected chi connectivity index (χ3v) is 4.82. The summed E-state index contributed by atoms with van der Waals surface area (Å²) in [6.07, 6.45) is 3.22. The van der Waals surface area contributed by atoms with Gasteiger partial charge < -0.3 is 4.74 Å². The Hall–Kier alpha value is -1.38. The number of hydrogen-bond acceptors (Lipinski definition) is 4. The van der Waals surface area contributed by atoms with Crippen LogP contribution in [-0.4, -0.2) is 25.7 Å². The quantitative estimate of drug-likeness (QED) is 0.857. The zero-order valence-electron chi connectivity index (χ0n) is 10.9. The molecule has 0 aliphatic heterocycles. The lowest BCUT2D eigenvalue weighted by molar-refractivity contribution is 0.402. The number of aromatic nitrogens is 2. The maximum atomic E-state index is 12.4. The van der Waals surface area contributed by atoms with Crippen molar-refractivity contribution in [2.75, 3.05) is 7.11 Å². The summed E-state index contributed by atoms with van der Waals surface area (Å²) < 4.78 is 33.2. The van der Waals surface area contributed by atoms with Gasteiger partial charge in [0, 0.05) is 22.3 Å². The van der Waals surface area contributed by atoms with E-state index >= 15 is 0 Å². The molecule has 1 unspecified atom stereocenters. The fourth-order valence-electron chi connectivity index (χ4n) is 1.72. The highest BCUT2D eigenvalue weighted by Gasteiger charge is 2.23. The van der Waals surface area contributed by atoms with Crippen LogP contribution in [0.4, 0.5) is 0 Å². The van der Waals surface area contributed by atoms with Crippen LogP contribution in [0.5, 0.6) is 5.75 Å². The number of ether oxygens (including phenoxy) is 1. The summed E-state index contributed by atoms with van der Waals surface area (Å²) in [6, 6.07) is 4.42. The molecule has 8 heteroatoms. The monoisotopic (exact) mass is 359 g/mol. The molecule has 20 heavy (non-hydrogen) atoms. The molecule has 0 amide bonds. The van der Waals surface area contributed by atoms with Crippen molar-refractivity contribution in [3.05, 3.63) is 40.6 Å². The molecule has 0 radical (unpaired) electrons. The molecule has 0 aliphatic carbocycles. The van der Waals surface area contributed by atoms with E-state index in [1.807, 2.05) is 0 Å². The van der Waals surface area contributed by atoms with Gasteiger partial charge in [-0.2, -0.15) is 5.10 Å². The summed E-state index contributed by atoms with van der Waals surface area (Å²) in [4.78, 5) is 0.0877. The largest absolute Gasteiger partial charge is 0.495 e. The normalized spacial score (nSPS) is 13.2. The van der Waals surface area contributed by atoms with Gasteiger partial charge in [-0.05, 0) is 25.1 Å². The zero-order valence-corrected chi connectivity index (χ0v) is 13.3. The van der Waals surface area contributed by atoms with Crippen LogP contribution in [0.2, 0.25) is 0 Å².